The van der Waals surface area contributed by atoms with Crippen molar-refractivity contribution in [3.63, 3.8) is 0 Å². The Kier molecular flexibility index (Phi) is 6.91. The largest absolute Gasteiger partial charge is 0.484 e. The molecule has 0 fully saturated rings. The van der Waals surface area contributed by atoms with Gasteiger partial charge in [-0.3, -0.25) is 10.1 Å². The smallest absolute Gasteiger partial charge is 0.293 e. The molecule has 0 aliphatic carbocycles. The second-order valence-electron chi connectivity index (χ2n) is 6.53. The Balaban J connectivity index is 1.37. The van der Waals surface area contributed by atoms with Crippen molar-refractivity contribution in [2.45, 2.75) is 13.2 Å². The van der Waals surface area contributed by atoms with Crippen molar-refractivity contribution < 1.29 is 13.9 Å². The maximum Gasteiger partial charge on any atom is 0.293 e. The van der Waals surface area contributed by atoms with Gasteiger partial charge in [0.15, 0.2) is 5.76 Å². The standard InChI is InChI=1S/C21H14Cl4N4O3/c22-14-3-1-4-15(23)13(14)9-29-11-26-21(28-29)27-20(30)18-8-7-12(32-18)10-31-17-6-2-5-16(24)19(17)25/h1-8,11H,9-10H2,(H,27,28,30). The maximum atomic E-state index is 12.5. The number of furan rings is 1. The van der Waals surface area contributed by atoms with E-state index in [0.717, 1.165) is 0 Å². The Morgan fingerprint density at radius 3 is 2.50 bits per heavy atom. The third-order valence-corrected chi connectivity index (χ3v) is 5.82. The van der Waals surface area contributed by atoms with Crippen LogP contribution < -0.4 is 10.1 Å². The van der Waals surface area contributed by atoms with Crippen LogP contribution in [0.2, 0.25) is 20.1 Å². The molecule has 0 saturated carbocycles. The number of carbonyl (C=O) groups excluding carboxylic acids is 1. The van der Waals surface area contributed by atoms with Crippen LogP contribution in [-0.4, -0.2) is 20.7 Å². The maximum absolute atomic E-state index is 12.5. The lowest BCUT2D eigenvalue weighted by Crippen LogP contribution is -2.12. The topological polar surface area (TPSA) is 82.2 Å². The first-order valence-corrected chi connectivity index (χ1v) is 10.7. The summed E-state index contributed by atoms with van der Waals surface area (Å²) in [4.78, 5) is 16.5. The Bertz CT molecular complexity index is 1250. The SMILES string of the molecule is O=C(Nc1ncn(Cc2c(Cl)cccc2Cl)n1)c1ccc(COc2cccc(Cl)c2Cl)o1. The number of aromatic nitrogens is 3. The molecule has 2 heterocycles. The van der Waals surface area contributed by atoms with E-state index in [-0.39, 0.29) is 18.3 Å². The predicted octanol–water partition coefficient (Wildman–Crippen LogP) is 6.36. The molecule has 2 aromatic heterocycles. The van der Waals surface area contributed by atoms with E-state index in [1.807, 2.05) is 0 Å². The van der Waals surface area contributed by atoms with Crippen LogP contribution in [0.15, 0.2) is 59.3 Å². The molecule has 0 atom stereocenters. The molecule has 1 N–H and O–H groups in total. The summed E-state index contributed by atoms with van der Waals surface area (Å²) in [6.45, 7) is 0.370. The first-order valence-electron chi connectivity index (χ1n) is 9.20. The Hall–Kier alpha value is -2.71. The molecular weight excluding hydrogens is 498 g/mol. The number of rotatable bonds is 7. The lowest BCUT2D eigenvalue weighted by molar-refractivity contribution is 0.0991. The molecule has 32 heavy (non-hydrogen) atoms. The molecule has 0 bridgehead atoms. The first kappa shape index (κ1) is 22.5. The number of hydrogen-bond acceptors (Lipinski definition) is 5. The molecule has 2 aromatic carbocycles. The number of amides is 1. The predicted molar refractivity (Wildman–Crippen MR) is 123 cm³/mol. The molecule has 0 radical (unpaired) electrons. The molecule has 1 amide bonds. The van der Waals surface area contributed by atoms with Gasteiger partial charge in [-0.15, -0.1) is 5.10 Å². The normalized spacial score (nSPS) is 10.9. The molecular formula is C21H14Cl4N4O3. The molecule has 0 unspecified atom stereocenters. The van der Waals surface area contributed by atoms with Crippen LogP contribution in [0.3, 0.4) is 0 Å². The van der Waals surface area contributed by atoms with E-state index in [4.69, 9.17) is 55.6 Å². The minimum absolute atomic E-state index is 0.0683. The molecule has 4 aromatic rings. The first-order chi connectivity index (χ1) is 15.4. The fourth-order valence-corrected chi connectivity index (χ4v) is 3.62. The van der Waals surface area contributed by atoms with E-state index >= 15 is 0 Å². The van der Waals surface area contributed by atoms with E-state index < -0.39 is 5.91 Å². The van der Waals surface area contributed by atoms with Gasteiger partial charge in [-0.1, -0.05) is 58.5 Å². The van der Waals surface area contributed by atoms with Crippen LogP contribution in [0.4, 0.5) is 5.95 Å². The number of nitrogens with zero attached hydrogens (tertiary/aromatic N) is 3. The van der Waals surface area contributed by atoms with E-state index in [1.165, 1.54) is 17.1 Å². The molecule has 4 rings (SSSR count). The van der Waals surface area contributed by atoms with E-state index in [0.29, 0.717) is 43.7 Å². The highest BCUT2D eigenvalue weighted by atomic mass is 35.5. The van der Waals surface area contributed by atoms with E-state index in [2.05, 4.69) is 15.4 Å². The number of ether oxygens (including phenoxy) is 1. The van der Waals surface area contributed by atoms with Crippen LogP contribution in [0.25, 0.3) is 0 Å². The molecule has 11 heteroatoms. The summed E-state index contributed by atoms with van der Waals surface area (Å²) in [5.74, 6) is 0.517. The average Bonchev–Trinajstić information content (AvgIpc) is 3.41. The number of hydrogen-bond donors (Lipinski definition) is 1. The minimum Gasteiger partial charge on any atom is -0.484 e. The average molecular weight is 512 g/mol. The number of halogens is 4. The van der Waals surface area contributed by atoms with Gasteiger partial charge >= 0.3 is 0 Å². The summed E-state index contributed by atoms with van der Waals surface area (Å²) in [6, 6.07) is 13.4. The van der Waals surface area contributed by atoms with Gasteiger partial charge < -0.3 is 9.15 Å². The molecule has 0 aliphatic heterocycles. The molecule has 164 valence electrons. The fraction of sp³-hybridized carbons (Fsp3) is 0.0952. The molecule has 0 saturated heterocycles. The second-order valence-corrected chi connectivity index (χ2v) is 8.13. The van der Waals surface area contributed by atoms with Gasteiger partial charge in [0.1, 0.15) is 29.5 Å². The van der Waals surface area contributed by atoms with Crippen LogP contribution in [0, 0.1) is 0 Å². The highest BCUT2D eigenvalue weighted by Gasteiger charge is 2.15. The Morgan fingerprint density at radius 1 is 1.00 bits per heavy atom. The van der Waals surface area contributed by atoms with Crippen molar-refractivity contribution in [1.82, 2.24) is 14.8 Å². The lowest BCUT2D eigenvalue weighted by Gasteiger charge is -2.07. The van der Waals surface area contributed by atoms with Gasteiger partial charge in [-0.05, 0) is 36.4 Å². The minimum atomic E-state index is -0.509. The molecule has 7 nitrogen and oxygen atoms in total. The third-order valence-electron chi connectivity index (χ3n) is 4.32. The van der Waals surface area contributed by atoms with Crippen LogP contribution in [-0.2, 0) is 13.2 Å². The van der Waals surface area contributed by atoms with Crippen molar-refractivity contribution in [3.05, 3.63) is 92.0 Å². The van der Waals surface area contributed by atoms with Crippen LogP contribution >= 0.6 is 46.4 Å². The van der Waals surface area contributed by atoms with Gasteiger partial charge in [-0.25, -0.2) is 9.67 Å². The van der Waals surface area contributed by atoms with Crippen molar-refractivity contribution in [3.8, 4) is 5.75 Å². The monoisotopic (exact) mass is 510 g/mol. The van der Waals surface area contributed by atoms with Crippen molar-refractivity contribution >= 4 is 58.3 Å². The van der Waals surface area contributed by atoms with Gasteiger partial charge in [0, 0.05) is 15.6 Å². The lowest BCUT2D eigenvalue weighted by atomic mass is 10.2. The number of benzene rings is 2. The Morgan fingerprint density at radius 2 is 1.72 bits per heavy atom. The van der Waals surface area contributed by atoms with Crippen molar-refractivity contribution in [2.75, 3.05) is 5.32 Å². The van der Waals surface area contributed by atoms with Gasteiger partial charge in [0.25, 0.3) is 5.91 Å². The summed E-state index contributed by atoms with van der Waals surface area (Å²) >= 11 is 24.4. The zero-order chi connectivity index (χ0) is 22.7. The molecule has 0 aliphatic rings. The van der Waals surface area contributed by atoms with E-state index in [1.54, 1.807) is 42.5 Å². The Labute approximate surface area is 202 Å². The van der Waals surface area contributed by atoms with Crippen LogP contribution in [0.5, 0.6) is 5.75 Å². The summed E-state index contributed by atoms with van der Waals surface area (Å²) in [5.41, 5.74) is 0.703. The van der Waals surface area contributed by atoms with Gasteiger partial charge in [0.05, 0.1) is 11.6 Å². The third kappa shape index (κ3) is 5.19. The zero-order valence-corrected chi connectivity index (χ0v) is 19.2. The summed E-state index contributed by atoms with van der Waals surface area (Å²) in [7, 11) is 0. The zero-order valence-electron chi connectivity index (χ0n) is 16.2. The quantitative estimate of drug-likeness (QED) is 0.312. The number of carbonyl (C=O) groups is 1. The van der Waals surface area contributed by atoms with Gasteiger partial charge in [0.2, 0.25) is 5.95 Å². The fourth-order valence-electron chi connectivity index (χ4n) is 2.76. The highest BCUT2D eigenvalue weighted by molar-refractivity contribution is 6.42. The summed E-state index contributed by atoms with van der Waals surface area (Å²) in [6.07, 6.45) is 1.46. The number of nitrogens with one attached hydrogen (secondary N) is 1. The number of anilines is 1. The molecule has 0 spiro atoms. The second kappa shape index (κ2) is 9.83. The highest BCUT2D eigenvalue weighted by Crippen LogP contribution is 2.32. The van der Waals surface area contributed by atoms with Crippen LogP contribution in [0.1, 0.15) is 21.9 Å². The van der Waals surface area contributed by atoms with Crippen molar-refractivity contribution in [1.29, 1.82) is 0 Å². The summed E-state index contributed by atoms with van der Waals surface area (Å²) < 4.78 is 12.6. The van der Waals surface area contributed by atoms with Gasteiger partial charge in [-0.2, -0.15) is 0 Å². The summed E-state index contributed by atoms with van der Waals surface area (Å²) in [5, 5.41) is 8.51. The van der Waals surface area contributed by atoms with E-state index in [9.17, 15) is 4.79 Å². The van der Waals surface area contributed by atoms with Crippen molar-refractivity contribution in [2.24, 2.45) is 0 Å².